The summed E-state index contributed by atoms with van der Waals surface area (Å²) in [6, 6.07) is 0. The van der Waals surface area contributed by atoms with Crippen LogP contribution in [0.4, 0.5) is 5.69 Å². The van der Waals surface area contributed by atoms with Crippen molar-refractivity contribution in [2.24, 2.45) is 0 Å². The first kappa shape index (κ1) is 6.21. The number of fused-ring (bicyclic) bond motifs is 1. The molecule has 5 heteroatoms. The van der Waals surface area contributed by atoms with E-state index in [1.54, 1.807) is 0 Å². The van der Waals surface area contributed by atoms with E-state index in [4.69, 9.17) is 4.74 Å². The molecule has 0 amide bonds. The lowest BCUT2D eigenvalue weighted by molar-refractivity contribution is 0.298. The van der Waals surface area contributed by atoms with Crippen LogP contribution in [0.15, 0.2) is 11.0 Å². The monoisotopic (exact) mass is 152 g/mol. The molecule has 0 atom stereocenters. The maximum atomic E-state index is 11.0. The second-order valence-electron chi connectivity index (χ2n) is 2.14. The molecule has 0 aromatic carbocycles. The van der Waals surface area contributed by atoms with Gasteiger partial charge in [0.05, 0.1) is 12.7 Å². The summed E-state index contributed by atoms with van der Waals surface area (Å²) in [4.78, 5) is 11.0. The van der Waals surface area contributed by atoms with Crippen molar-refractivity contribution in [3.63, 3.8) is 0 Å². The van der Waals surface area contributed by atoms with Crippen molar-refractivity contribution >= 4 is 5.69 Å². The molecule has 0 unspecified atom stereocenters. The Balaban J connectivity index is 2.58. The average molecular weight is 152 g/mol. The van der Waals surface area contributed by atoms with E-state index in [2.05, 4.69) is 15.5 Å². The molecule has 2 rings (SSSR count). The lowest BCUT2D eigenvalue weighted by Crippen LogP contribution is -2.24. The first-order valence-electron chi connectivity index (χ1n) is 3.26. The molecular weight excluding hydrogens is 146 g/mol. The van der Waals surface area contributed by atoms with E-state index < -0.39 is 0 Å². The average Bonchev–Trinajstić information content (AvgIpc) is 2.06. The van der Waals surface area contributed by atoms with Crippen molar-refractivity contribution in [2.45, 2.75) is 0 Å². The van der Waals surface area contributed by atoms with Gasteiger partial charge in [-0.1, -0.05) is 0 Å². The highest BCUT2D eigenvalue weighted by molar-refractivity contribution is 5.47. The van der Waals surface area contributed by atoms with E-state index in [9.17, 15) is 4.79 Å². The Labute approximate surface area is 62.4 Å². The minimum atomic E-state index is -0.290. The van der Waals surface area contributed by atoms with Gasteiger partial charge >= 0.3 is 0 Å². The molecule has 0 bridgehead atoms. The number of hydrogen-bond acceptors (Lipinski definition) is 3. The molecule has 1 aliphatic rings. The van der Waals surface area contributed by atoms with Crippen molar-refractivity contribution in [3.8, 4) is 5.75 Å². The second-order valence-corrected chi connectivity index (χ2v) is 2.14. The highest BCUT2D eigenvalue weighted by Crippen LogP contribution is 2.19. The molecule has 5 nitrogen and oxygen atoms in total. The predicted molar refractivity (Wildman–Crippen MR) is 37.0 cm³/mol. The summed E-state index contributed by atoms with van der Waals surface area (Å²) in [5.41, 5.74) is 0.0634. The molecule has 2 heterocycles. The van der Waals surface area contributed by atoms with Gasteiger partial charge in [-0.2, -0.15) is 5.10 Å². The normalized spacial score (nSPS) is 14.5. The second kappa shape index (κ2) is 2.26. The van der Waals surface area contributed by atoms with Crippen LogP contribution in [0.2, 0.25) is 0 Å². The quantitative estimate of drug-likeness (QED) is 0.539. The van der Waals surface area contributed by atoms with Crippen LogP contribution < -0.4 is 15.6 Å². The van der Waals surface area contributed by atoms with E-state index >= 15 is 0 Å². The molecular formula is C6H6N3O2. The third kappa shape index (κ3) is 0.938. The van der Waals surface area contributed by atoms with Crippen molar-refractivity contribution < 1.29 is 4.74 Å². The van der Waals surface area contributed by atoms with Gasteiger partial charge in [-0.05, 0) is 0 Å². The van der Waals surface area contributed by atoms with Crippen LogP contribution in [-0.2, 0) is 0 Å². The van der Waals surface area contributed by atoms with Gasteiger partial charge in [-0.15, -0.1) is 0 Å². The molecule has 57 valence electrons. The van der Waals surface area contributed by atoms with Gasteiger partial charge in [0.15, 0.2) is 11.4 Å². The van der Waals surface area contributed by atoms with E-state index in [-0.39, 0.29) is 5.56 Å². The maximum absolute atomic E-state index is 11.0. The summed E-state index contributed by atoms with van der Waals surface area (Å²) in [5, 5.41) is 9.84. The number of ether oxygens (including phenoxy) is 1. The topological polar surface area (TPSA) is 69.1 Å². The first-order valence-corrected chi connectivity index (χ1v) is 3.26. The molecule has 11 heavy (non-hydrogen) atoms. The van der Waals surface area contributed by atoms with Gasteiger partial charge in [0.2, 0.25) is 0 Å². The molecule has 1 aromatic heterocycles. The Bertz CT molecular complexity index is 320. The lowest BCUT2D eigenvalue weighted by atomic mass is 10.4. The SMILES string of the molecule is O=c1[nH]ncc2c1[N]CCO2. The molecule has 0 aliphatic carbocycles. The van der Waals surface area contributed by atoms with Crippen LogP contribution in [0.25, 0.3) is 0 Å². The minimum Gasteiger partial charge on any atom is -0.487 e. The van der Waals surface area contributed by atoms with Crippen molar-refractivity contribution in [1.82, 2.24) is 15.5 Å². The highest BCUT2D eigenvalue weighted by Gasteiger charge is 2.13. The summed E-state index contributed by atoms with van der Waals surface area (Å²) in [7, 11) is 0. The van der Waals surface area contributed by atoms with Crippen LogP contribution in [0.5, 0.6) is 5.75 Å². The number of rotatable bonds is 0. The molecule has 0 spiro atoms. The van der Waals surface area contributed by atoms with Crippen LogP contribution in [0, 0.1) is 0 Å². The predicted octanol–water partition coefficient (Wildman–Crippen LogP) is -0.602. The molecule has 0 saturated heterocycles. The van der Waals surface area contributed by atoms with Gasteiger partial charge in [0, 0.05) is 0 Å². The first-order chi connectivity index (χ1) is 5.38. The summed E-state index contributed by atoms with van der Waals surface area (Å²) in [6.07, 6.45) is 1.46. The number of hydrogen-bond donors (Lipinski definition) is 1. The van der Waals surface area contributed by atoms with E-state index in [0.717, 1.165) is 0 Å². The number of nitrogens with zero attached hydrogens (tertiary/aromatic N) is 2. The largest absolute Gasteiger partial charge is 0.487 e. The van der Waals surface area contributed by atoms with E-state index in [1.807, 2.05) is 0 Å². The van der Waals surface area contributed by atoms with Crippen molar-refractivity contribution in [3.05, 3.63) is 16.6 Å². The van der Waals surface area contributed by atoms with Gasteiger partial charge in [0.1, 0.15) is 6.61 Å². The summed E-state index contributed by atoms with van der Waals surface area (Å²) in [5.74, 6) is 0.472. The Morgan fingerprint density at radius 1 is 1.64 bits per heavy atom. The molecule has 1 aromatic rings. The lowest BCUT2D eigenvalue weighted by Gasteiger charge is -2.14. The van der Waals surface area contributed by atoms with Gasteiger partial charge < -0.3 is 4.74 Å². The Morgan fingerprint density at radius 3 is 3.36 bits per heavy atom. The fraction of sp³-hybridized carbons (Fsp3) is 0.333. The third-order valence-corrected chi connectivity index (χ3v) is 1.42. The Kier molecular flexibility index (Phi) is 1.28. The van der Waals surface area contributed by atoms with Gasteiger partial charge in [-0.25, -0.2) is 5.10 Å². The maximum Gasteiger partial charge on any atom is 0.293 e. The Hall–Kier alpha value is -1.52. The zero-order chi connectivity index (χ0) is 7.68. The molecule has 1 N–H and O–H groups in total. The van der Waals surface area contributed by atoms with E-state index in [0.29, 0.717) is 24.6 Å². The standard InChI is InChI=1S/C6H6N3O2/c10-6-5-4(3-8-9-6)11-2-1-7-5/h3H,1-2H2,(H,9,10). The number of aromatic amines is 1. The number of aromatic nitrogens is 2. The summed E-state index contributed by atoms with van der Waals surface area (Å²) < 4.78 is 5.13. The minimum absolute atomic E-state index is 0.290. The van der Waals surface area contributed by atoms with E-state index in [1.165, 1.54) is 6.20 Å². The zero-order valence-corrected chi connectivity index (χ0v) is 5.70. The highest BCUT2D eigenvalue weighted by atomic mass is 16.5. The third-order valence-electron chi connectivity index (χ3n) is 1.42. The van der Waals surface area contributed by atoms with Crippen LogP contribution >= 0.6 is 0 Å². The van der Waals surface area contributed by atoms with Crippen molar-refractivity contribution in [2.75, 3.05) is 13.2 Å². The van der Waals surface area contributed by atoms with Gasteiger partial charge in [0.25, 0.3) is 5.56 Å². The van der Waals surface area contributed by atoms with Gasteiger partial charge in [-0.3, -0.25) is 10.1 Å². The molecule has 1 aliphatic heterocycles. The molecule has 1 radical (unpaired) electrons. The van der Waals surface area contributed by atoms with Crippen LogP contribution in [0.3, 0.4) is 0 Å². The Morgan fingerprint density at radius 2 is 2.55 bits per heavy atom. The number of nitrogens with one attached hydrogen (secondary N) is 1. The van der Waals surface area contributed by atoms with Crippen LogP contribution in [-0.4, -0.2) is 23.3 Å². The summed E-state index contributed by atoms with van der Waals surface area (Å²) >= 11 is 0. The fourth-order valence-corrected chi connectivity index (χ4v) is 0.944. The molecule has 0 saturated carbocycles. The zero-order valence-electron chi connectivity index (χ0n) is 5.70. The smallest absolute Gasteiger partial charge is 0.293 e. The number of H-pyrrole nitrogens is 1. The molecule has 0 fully saturated rings. The van der Waals surface area contributed by atoms with Crippen molar-refractivity contribution in [1.29, 1.82) is 0 Å². The van der Waals surface area contributed by atoms with Crippen LogP contribution in [0.1, 0.15) is 0 Å². The fourth-order valence-electron chi connectivity index (χ4n) is 0.944. The summed E-state index contributed by atoms with van der Waals surface area (Å²) in [6.45, 7) is 1.07.